The molecule has 0 saturated heterocycles. The summed E-state index contributed by atoms with van der Waals surface area (Å²) >= 11 is 1.84. The largest absolute Gasteiger partial charge is 0.398 e. The third-order valence-corrected chi connectivity index (χ3v) is 3.30. The number of rotatable bonds is 3. The van der Waals surface area contributed by atoms with Gasteiger partial charge in [-0.15, -0.1) is 11.8 Å². The van der Waals surface area contributed by atoms with Gasteiger partial charge in [-0.3, -0.25) is 0 Å². The molecule has 82 valence electrons. The van der Waals surface area contributed by atoms with E-state index in [4.69, 9.17) is 5.73 Å². The first-order valence-electron chi connectivity index (χ1n) is 5.39. The van der Waals surface area contributed by atoms with Crippen LogP contribution in [0.2, 0.25) is 0 Å². The molecule has 2 aromatic rings. The molecule has 0 aliphatic heterocycles. The average Bonchev–Trinajstić information content (AvgIpc) is 2.33. The third kappa shape index (κ3) is 2.39. The molecule has 0 radical (unpaired) electrons. The highest BCUT2D eigenvalue weighted by atomic mass is 32.2. The smallest absolute Gasteiger partial charge is 0.0394 e. The van der Waals surface area contributed by atoms with E-state index in [2.05, 4.69) is 31.2 Å². The van der Waals surface area contributed by atoms with E-state index >= 15 is 0 Å². The Bertz CT molecular complexity index is 465. The van der Waals surface area contributed by atoms with Crippen LogP contribution in [0.15, 0.2) is 53.4 Å². The summed E-state index contributed by atoms with van der Waals surface area (Å²) < 4.78 is 0. The molecule has 0 spiro atoms. The summed E-state index contributed by atoms with van der Waals surface area (Å²) in [4.78, 5) is 1.27. The van der Waals surface area contributed by atoms with E-state index in [1.165, 1.54) is 10.5 Å². The number of thioether (sulfide) groups is 1. The molecule has 0 aromatic heterocycles. The number of hydrogen-bond acceptors (Lipinski definition) is 2. The molecule has 2 heteroatoms. The van der Waals surface area contributed by atoms with E-state index in [1.807, 2.05) is 36.0 Å². The van der Waals surface area contributed by atoms with Crippen LogP contribution >= 0.6 is 11.8 Å². The summed E-state index contributed by atoms with van der Waals surface area (Å²) in [6.45, 7) is 2.16. The van der Waals surface area contributed by atoms with Crippen LogP contribution in [0.5, 0.6) is 0 Å². The van der Waals surface area contributed by atoms with Gasteiger partial charge in [0.1, 0.15) is 0 Å². The molecule has 0 aliphatic carbocycles. The summed E-state index contributed by atoms with van der Waals surface area (Å²) in [6, 6.07) is 16.5. The van der Waals surface area contributed by atoms with Crippen molar-refractivity contribution in [1.29, 1.82) is 0 Å². The molecule has 0 fully saturated rings. The standard InChI is InChI=1S/C14H15NS/c1-2-16-12-8-9-14(15)13(10-12)11-6-4-3-5-7-11/h3-10H,2,15H2,1H3. The molecule has 2 N–H and O–H groups in total. The van der Waals surface area contributed by atoms with Crippen molar-refractivity contribution in [3.63, 3.8) is 0 Å². The second kappa shape index (κ2) is 5.08. The summed E-state index contributed by atoms with van der Waals surface area (Å²) in [5.74, 6) is 1.08. The Hall–Kier alpha value is -1.41. The van der Waals surface area contributed by atoms with Crippen LogP contribution < -0.4 is 5.73 Å². The molecule has 0 amide bonds. The molecule has 2 aromatic carbocycles. The minimum absolute atomic E-state index is 0.839. The van der Waals surface area contributed by atoms with E-state index in [9.17, 15) is 0 Å². The zero-order valence-electron chi connectivity index (χ0n) is 9.31. The fourth-order valence-electron chi connectivity index (χ4n) is 1.66. The van der Waals surface area contributed by atoms with E-state index in [1.54, 1.807) is 0 Å². The van der Waals surface area contributed by atoms with E-state index in [0.29, 0.717) is 0 Å². The second-order valence-corrected chi connectivity index (χ2v) is 4.89. The fraction of sp³-hybridized carbons (Fsp3) is 0.143. The molecule has 0 aliphatic rings. The van der Waals surface area contributed by atoms with Gasteiger partial charge in [0.05, 0.1) is 0 Å². The van der Waals surface area contributed by atoms with Crippen molar-refractivity contribution in [2.24, 2.45) is 0 Å². The van der Waals surface area contributed by atoms with Gasteiger partial charge in [0, 0.05) is 16.1 Å². The summed E-state index contributed by atoms with van der Waals surface area (Å²) in [6.07, 6.45) is 0. The molecule has 16 heavy (non-hydrogen) atoms. The van der Waals surface area contributed by atoms with Gasteiger partial charge in [-0.25, -0.2) is 0 Å². The SMILES string of the molecule is CCSc1ccc(N)c(-c2ccccc2)c1. The Morgan fingerprint density at radius 1 is 1.06 bits per heavy atom. The number of hydrogen-bond donors (Lipinski definition) is 1. The maximum absolute atomic E-state index is 6.01. The van der Waals surface area contributed by atoms with Crippen molar-refractivity contribution in [2.75, 3.05) is 11.5 Å². The minimum atomic E-state index is 0.839. The lowest BCUT2D eigenvalue weighted by atomic mass is 10.0. The summed E-state index contributed by atoms with van der Waals surface area (Å²) in [5.41, 5.74) is 9.15. The Morgan fingerprint density at radius 2 is 1.81 bits per heavy atom. The van der Waals surface area contributed by atoms with Gasteiger partial charge in [-0.05, 0) is 29.5 Å². The third-order valence-electron chi connectivity index (χ3n) is 2.42. The lowest BCUT2D eigenvalue weighted by Gasteiger charge is -2.08. The van der Waals surface area contributed by atoms with Gasteiger partial charge >= 0.3 is 0 Å². The highest BCUT2D eigenvalue weighted by Crippen LogP contribution is 2.30. The average molecular weight is 229 g/mol. The van der Waals surface area contributed by atoms with E-state index < -0.39 is 0 Å². The topological polar surface area (TPSA) is 26.0 Å². The van der Waals surface area contributed by atoms with Crippen LogP contribution in [-0.4, -0.2) is 5.75 Å². The molecule has 0 atom stereocenters. The monoisotopic (exact) mass is 229 g/mol. The zero-order chi connectivity index (χ0) is 11.4. The first-order valence-corrected chi connectivity index (χ1v) is 6.37. The van der Waals surface area contributed by atoms with Crippen LogP contribution in [0.3, 0.4) is 0 Å². The Kier molecular flexibility index (Phi) is 3.52. The van der Waals surface area contributed by atoms with Crippen molar-refractivity contribution >= 4 is 17.4 Å². The van der Waals surface area contributed by atoms with Crippen molar-refractivity contribution in [1.82, 2.24) is 0 Å². The predicted octanol–water partition coefficient (Wildman–Crippen LogP) is 4.05. The van der Waals surface area contributed by atoms with E-state index in [0.717, 1.165) is 17.0 Å². The van der Waals surface area contributed by atoms with Crippen LogP contribution in [0.1, 0.15) is 6.92 Å². The fourth-order valence-corrected chi connectivity index (χ4v) is 2.36. The van der Waals surface area contributed by atoms with Crippen molar-refractivity contribution in [3.8, 4) is 11.1 Å². The van der Waals surface area contributed by atoms with E-state index in [-0.39, 0.29) is 0 Å². The zero-order valence-corrected chi connectivity index (χ0v) is 10.1. The Balaban J connectivity index is 2.43. The minimum Gasteiger partial charge on any atom is -0.398 e. The molecular formula is C14H15NS. The van der Waals surface area contributed by atoms with Crippen LogP contribution in [0.25, 0.3) is 11.1 Å². The molecule has 0 unspecified atom stereocenters. The van der Waals surface area contributed by atoms with Crippen LogP contribution in [0, 0.1) is 0 Å². The van der Waals surface area contributed by atoms with Crippen molar-refractivity contribution in [2.45, 2.75) is 11.8 Å². The normalized spacial score (nSPS) is 10.3. The number of anilines is 1. The van der Waals surface area contributed by atoms with Crippen molar-refractivity contribution < 1.29 is 0 Å². The van der Waals surface area contributed by atoms with Crippen LogP contribution in [-0.2, 0) is 0 Å². The number of benzene rings is 2. The lowest BCUT2D eigenvalue weighted by Crippen LogP contribution is -1.90. The van der Waals surface area contributed by atoms with Crippen LogP contribution in [0.4, 0.5) is 5.69 Å². The summed E-state index contributed by atoms with van der Waals surface area (Å²) in [7, 11) is 0. The highest BCUT2D eigenvalue weighted by molar-refractivity contribution is 7.99. The molecule has 0 heterocycles. The van der Waals surface area contributed by atoms with Gasteiger partial charge < -0.3 is 5.73 Å². The number of nitrogens with two attached hydrogens (primary N) is 1. The van der Waals surface area contributed by atoms with Crippen molar-refractivity contribution in [3.05, 3.63) is 48.5 Å². The quantitative estimate of drug-likeness (QED) is 0.634. The first-order chi connectivity index (χ1) is 7.81. The summed E-state index contributed by atoms with van der Waals surface area (Å²) in [5, 5.41) is 0. The van der Waals surface area contributed by atoms with Gasteiger partial charge in [0.2, 0.25) is 0 Å². The van der Waals surface area contributed by atoms with Gasteiger partial charge in [0.15, 0.2) is 0 Å². The first kappa shape index (κ1) is 11.1. The molecule has 1 nitrogen and oxygen atoms in total. The Morgan fingerprint density at radius 3 is 2.50 bits per heavy atom. The lowest BCUT2D eigenvalue weighted by molar-refractivity contribution is 1.42. The van der Waals surface area contributed by atoms with Gasteiger partial charge in [-0.1, -0.05) is 37.3 Å². The molecule has 0 bridgehead atoms. The Labute approximate surface area is 101 Å². The second-order valence-electron chi connectivity index (χ2n) is 3.55. The van der Waals surface area contributed by atoms with Gasteiger partial charge in [0.25, 0.3) is 0 Å². The predicted molar refractivity (Wildman–Crippen MR) is 72.7 cm³/mol. The highest BCUT2D eigenvalue weighted by Gasteiger charge is 2.03. The molecule has 2 rings (SSSR count). The van der Waals surface area contributed by atoms with Gasteiger partial charge in [-0.2, -0.15) is 0 Å². The maximum atomic E-state index is 6.01. The molecular weight excluding hydrogens is 214 g/mol. The maximum Gasteiger partial charge on any atom is 0.0394 e. The number of nitrogen functional groups attached to an aromatic ring is 1. The molecule has 0 saturated carbocycles.